The Kier molecular flexibility index (Phi) is 6.95. The summed E-state index contributed by atoms with van der Waals surface area (Å²) in [4.78, 5) is 17.5. The molecule has 0 aromatic heterocycles. The summed E-state index contributed by atoms with van der Waals surface area (Å²) < 4.78 is 6.91. The molecule has 1 aliphatic rings. The van der Waals surface area contributed by atoms with Crippen LogP contribution in [0.2, 0.25) is 5.02 Å². The zero-order chi connectivity index (χ0) is 24.4. The van der Waals surface area contributed by atoms with Gasteiger partial charge in [-0.3, -0.25) is 4.79 Å². The first-order chi connectivity index (χ1) is 17.0. The summed E-state index contributed by atoms with van der Waals surface area (Å²) in [6.07, 6.45) is 1.84. The van der Waals surface area contributed by atoms with E-state index in [-0.39, 0.29) is 5.91 Å². The van der Waals surface area contributed by atoms with E-state index in [0.29, 0.717) is 27.4 Å². The number of rotatable bonds is 5. The number of nitrogens with one attached hydrogen (secondary N) is 1. The van der Waals surface area contributed by atoms with Crippen LogP contribution in [0.3, 0.4) is 0 Å². The summed E-state index contributed by atoms with van der Waals surface area (Å²) in [5.74, 6) is 0.557. The van der Waals surface area contributed by atoms with Gasteiger partial charge in [-0.15, -0.1) is 0 Å². The Morgan fingerprint density at radius 2 is 1.89 bits per heavy atom. The van der Waals surface area contributed by atoms with Gasteiger partial charge < -0.3 is 10.1 Å². The average molecular weight is 564 g/mol. The van der Waals surface area contributed by atoms with Crippen LogP contribution in [-0.2, 0) is 11.4 Å². The molecule has 4 nitrogen and oxygen atoms in total. The maximum absolute atomic E-state index is 12.5. The largest absolute Gasteiger partial charge is 0.488 e. The van der Waals surface area contributed by atoms with E-state index < -0.39 is 0 Å². The average Bonchev–Trinajstić information content (AvgIpc) is 3.19. The minimum atomic E-state index is -0.181. The lowest BCUT2D eigenvalue weighted by Gasteiger charge is -2.11. The number of hydrogen-bond acceptors (Lipinski definition) is 4. The van der Waals surface area contributed by atoms with Gasteiger partial charge in [0.15, 0.2) is 5.17 Å². The van der Waals surface area contributed by atoms with Crippen LogP contribution in [0.15, 0.2) is 93.2 Å². The van der Waals surface area contributed by atoms with Crippen molar-refractivity contribution in [3.05, 3.63) is 110 Å². The van der Waals surface area contributed by atoms with Gasteiger partial charge >= 0.3 is 0 Å². The lowest BCUT2D eigenvalue weighted by atomic mass is 10.1. The van der Waals surface area contributed by atoms with E-state index in [1.165, 1.54) is 22.5 Å². The highest BCUT2D eigenvalue weighted by atomic mass is 79.9. The number of hydrogen-bond donors (Lipinski definition) is 1. The van der Waals surface area contributed by atoms with Crippen LogP contribution < -0.4 is 10.1 Å². The van der Waals surface area contributed by atoms with Crippen LogP contribution in [0.4, 0.5) is 5.69 Å². The molecule has 1 N–H and O–H groups in total. The smallest absolute Gasteiger partial charge is 0.264 e. The molecule has 35 heavy (non-hydrogen) atoms. The third-order valence-corrected chi connectivity index (χ3v) is 7.49. The Morgan fingerprint density at radius 1 is 1.06 bits per heavy atom. The minimum absolute atomic E-state index is 0.181. The van der Waals surface area contributed by atoms with Crippen molar-refractivity contribution >= 4 is 72.9 Å². The molecular formula is C28H20BrClN2O2S. The number of ether oxygens (including phenoxy) is 1. The Morgan fingerprint density at radius 3 is 2.71 bits per heavy atom. The number of amides is 1. The summed E-state index contributed by atoms with van der Waals surface area (Å²) in [6, 6.07) is 25.8. The van der Waals surface area contributed by atoms with Crippen LogP contribution in [0.1, 0.15) is 16.7 Å². The molecule has 0 atom stereocenters. The molecule has 5 rings (SSSR count). The first-order valence-electron chi connectivity index (χ1n) is 10.9. The third-order valence-electron chi connectivity index (χ3n) is 5.55. The van der Waals surface area contributed by atoms with Gasteiger partial charge in [0.05, 0.1) is 15.1 Å². The second kappa shape index (κ2) is 10.3. The summed E-state index contributed by atoms with van der Waals surface area (Å²) in [5, 5.41) is 6.35. The second-order valence-corrected chi connectivity index (χ2v) is 10.3. The number of aryl methyl sites for hydroxylation is 1. The zero-order valence-corrected chi connectivity index (χ0v) is 21.9. The summed E-state index contributed by atoms with van der Waals surface area (Å²) in [5.41, 5.74) is 3.68. The number of carbonyl (C=O) groups is 1. The maximum Gasteiger partial charge on any atom is 0.264 e. The van der Waals surface area contributed by atoms with Crippen molar-refractivity contribution in [2.45, 2.75) is 13.5 Å². The fourth-order valence-electron chi connectivity index (χ4n) is 3.70. The summed E-state index contributed by atoms with van der Waals surface area (Å²) >= 11 is 11.1. The molecule has 4 aromatic carbocycles. The molecule has 1 aliphatic heterocycles. The predicted octanol–water partition coefficient (Wildman–Crippen LogP) is 8.03. The third kappa shape index (κ3) is 5.45. The van der Waals surface area contributed by atoms with Gasteiger partial charge in [0.1, 0.15) is 12.4 Å². The molecule has 0 unspecified atom stereocenters. The number of thioether (sulfide) groups is 1. The van der Waals surface area contributed by atoms with Gasteiger partial charge in [-0.1, -0.05) is 66.2 Å². The van der Waals surface area contributed by atoms with E-state index in [9.17, 15) is 4.79 Å². The van der Waals surface area contributed by atoms with Crippen molar-refractivity contribution in [2.75, 3.05) is 0 Å². The van der Waals surface area contributed by atoms with Crippen LogP contribution in [-0.4, -0.2) is 11.1 Å². The van der Waals surface area contributed by atoms with E-state index >= 15 is 0 Å². The van der Waals surface area contributed by atoms with Crippen molar-refractivity contribution in [1.82, 2.24) is 5.32 Å². The van der Waals surface area contributed by atoms with Gasteiger partial charge in [-0.25, -0.2) is 4.99 Å². The highest BCUT2D eigenvalue weighted by Gasteiger charge is 2.24. The van der Waals surface area contributed by atoms with Crippen LogP contribution in [0.5, 0.6) is 5.75 Å². The maximum atomic E-state index is 12.5. The van der Waals surface area contributed by atoms with E-state index in [1.807, 2.05) is 61.5 Å². The summed E-state index contributed by atoms with van der Waals surface area (Å²) in [7, 11) is 0. The van der Waals surface area contributed by atoms with Gasteiger partial charge in [0.2, 0.25) is 0 Å². The Hall–Kier alpha value is -3.06. The lowest BCUT2D eigenvalue weighted by Crippen LogP contribution is -2.19. The van der Waals surface area contributed by atoms with Crippen molar-refractivity contribution < 1.29 is 9.53 Å². The van der Waals surface area contributed by atoms with Crippen molar-refractivity contribution in [1.29, 1.82) is 0 Å². The summed E-state index contributed by atoms with van der Waals surface area (Å²) in [6.45, 7) is 2.39. The molecule has 0 spiro atoms. The van der Waals surface area contributed by atoms with Crippen molar-refractivity contribution in [3.63, 3.8) is 0 Å². The molecular weight excluding hydrogens is 544 g/mol. The van der Waals surface area contributed by atoms with E-state index in [0.717, 1.165) is 26.9 Å². The highest BCUT2D eigenvalue weighted by molar-refractivity contribution is 9.10. The molecule has 1 saturated heterocycles. The first kappa shape index (κ1) is 23.7. The molecule has 0 bridgehead atoms. The van der Waals surface area contributed by atoms with Crippen LogP contribution in [0.25, 0.3) is 16.8 Å². The van der Waals surface area contributed by atoms with Gasteiger partial charge in [-0.2, -0.15) is 0 Å². The van der Waals surface area contributed by atoms with Gasteiger partial charge in [0.25, 0.3) is 5.91 Å². The van der Waals surface area contributed by atoms with Crippen molar-refractivity contribution in [3.8, 4) is 5.75 Å². The van der Waals surface area contributed by atoms with Crippen LogP contribution in [0, 0.1) is 6.92 Å². The van der Waals surface area contributed by atoms with Crippen LogP contribution >= 0.6 is 39.3 Å². The minimum Gasteiger partial charge on any atom is -0.488 e. The Balaban J connectivity index is 1.30. The molecule has 1 heterocycles. The number of benzene rings is 4. The number of halogens is 2. The van der Waals surface area contributed by atoms with E-state index in [1.54, 1.807) is 6.07 Å². The first-order valence-corrected chi connectivity index (χ1v) is 12.9. The Labute approximate surface area is 221 Å². The van der Waals surface area contributed by atoms with Gasteiger partial charge in [0, 0.05) is 5.02 Å². The number of aliphatic imine (C=N–C) groups is 1. The standard InChI is InChI=1S/C28H20BrClN2O2S/c1-17-9-11-21(15-24(17)30)31-28-32-27(33)26(35-28)14-18-10-12-25(23(29)13-18)34-16-20-7-4-6-19-5-2-3-8-22(19)20/h2-15H,16H2,1H3,(H,31,32,33)/b26-14-. The van der Waals surface area contributed by atoms with Crippen molar-refractivity contribution in [2.24, 2.45) is 4.99 Å². The van der Waals surface area contributed by atoms with E-state index in [2.05, 4.69) is 50.5 Å². The number of carbonyl (C=O) groups excluding carboxylic acids is 1. The van der Waals surface area contributed by atoms with E-state index in [4.69, 9.17) is 16.3 Å². The molecule has 1 fully saturated rings. The normalized spacial score (nSPS) is 15.7. The quantitative estimate of drug-likeness (QED) is 0.250. The second-order valence-electron chi connectivity index (χ2n) is 8.03. The number of fused-ring (bicyclic) bond motifs is 1. The SMILES string of the molecule is Cc1ccc(N=C2NC(=O)/C(=C/c3ccc(OCc4cccc5ccccc45)c(Br)c3)S2)cc1Cl. The molecule has 0 aliphatic carbocycles. The molecule has 0 saturated carbocycles. The highest BCUT2D eigenvalue weighted by Crippen LogP contribution is 2.32. The molecule has 7 heteroatoms. The number of amidine groups is 1. The molecule has 0 radical (unpaired) electrons. The fraction of sp³-hybridized carbons (Fsp3) is 0.0714. The number of nitrogens with zero attached hydrogens (tertiary/aromatic N) is 1. The lowest BCUT2D eigenvalue weighted by molar-refractivity contribution is -0.115. The monoisotopic (exact) mass is 562 g/mol. The van der Waals surface area contributed by atoms with Gasteiger partial charge in [-0.05, 0) is 92.4 Å². The predicted molar refractivity (Wildman–Crippen MR) is 149 cm³/mol. The zero-order valence-electron chi connectivity index (χ0n) is 18.7. The molecule has 4 aromatic rings. The molecule has 1 amide bonds. The topological polar surface area (TPSA) is 50.7 Å². The fourth-order valence-corrected chi connectivity index (χ4v) is 5.23. The Bertz CT molecular complexity index is 1510. The molecule has 174 valence electrons.